The van der Waals surface area contributed by atoms with Gasteiger partial charge < -0.3 is 4.90 Å². The van der Waals surface area contributed by atoms with Crippen LogP contribution in [0.15, 0.2) is 18.2 Å². The summed E-state index contributed by atoms with van der Waals surface area (Å²) in [6, 6.07) is 6.22. The molecule has 0 fully saturated rings. The SMILES string of the molecule is Cc1cccc(-c2nc(N(C)C)n(C)n2)c1C. The Morgan fingerprint density at radius 2 is 1.88 bits per heavy atom. The average molecular weight is 230 g/mol. The molecule has 0 unspecified atom stereocenters. The Bertz CT molecular complexity index is 540. The second-order valence-corrected chi connectivity index (χ2v) is 4.50. The molecule has 0 spiro atoms. The lowest BCUT2D eigenvalue weighted by atomic mass is 10.0. The summed E-state index contributed by atoms with van der Waals surface area (Å²) in [5.41, 5.74) is 3.61. The molecule has 0 radical (unpaired) electrons. The van der Waals surface area contributed by atoms with Crippen LogP contribution in [-0.4, -0.2) is 28.9 Å². The maximum absolute atomic E-state index is 4.56. The molecule has 4 nitrogen and oxygen atoms in total. The zero-order chi connectivity index (χ0) is 12.6. The first kappa shape index (κ1) is 11.6. The fourth-order valence-electron chi connectivity index (χ4n) is 1.87. The second kappa shape index (κ2) is 4.20. The van der Waals surface area contributed by atoms with Crippen LogP contribution < -0.4 is 4.90 Å². The van der Waals surface area contributed by atoms with E-state index in [1.807, 2.05) is 32.1 Å². The largest absolute Gasteiger partial charge is 0.347 e. The predicted octanol–water partition coefficient (Wildman–Crippen LogP) is 2.16. The number of anilines is 1. The highest BCUT2D eigenvalue weighted by Gasteiger charge is 2.12. The minimum absolute atomic E-state index is 0.789. The lowest BCUT2D eigenvalue weighted by Gasteiger charge is -2.08. The van der Waals surface area contributed by atoms with Crippen LogP contribution in [0, 0.1) is 13.8 Å². The van der Waals surface area contributed by atoms with Crippen LogP contribution >= 0.6 is 0 Å². The quantitative estimate of drug-likeness (QED) is 0.793. The van der Waals surface area contributed by atoms with Gasteiger partial charge in [-0.25, -0.2) is 4.68 Å². The van der Waals surface area contributed by atoms with E-state index < -0.39 is 0 Å². The minimum atomic E-state index is 0.789. The molecule has 4 heteroatoms. The summed E-state index contributed by atoms with van der Waals surface area (Å²) in [5, 5.41) is 4.47. The fraction of sp³-hybridized carbons (Fsp3) is 0.385. The van der Waals surface area contributed by atoms with Gasteiger partial charge in [0.2, 0.25) is 5.95 Å². The van der Waals surface area contributed by atoms with E-state index >= 15 is 0 Å². The number of hydrogen-bond donors (Lipinski definition) is 0. The molecule has 2 aromatic rings. The molecule has 0 atom stereocenters. The maximum atomic E-state index is 4.56. The van der Waals surface area contributed by atoms with E-state index in [1.165, 1.54) is 11.1 Å². The van der Waals surface area contributed by atoms with E-state index in [-0.39, 0.29) is 0 Å². The summed E-state index contributed by atoms with van der Waals surface area (Å²) in [5.74, 6) is 1.65. The maximum Gasteiger partial charge on any atom is 0.223 e. The van der Waals surface area contributed by atoms with Gasteiger partial charge in [0.15, 0.2) is 5.82 Å². The smallest absolute Gasteiger partial charge is 0.223 e. The van der Waals surface area contributed by atoms with E-state index in [0.29, 0.717) is 0 Å². The van der Waals surface area contributed by atoms with Crippen molar-refractivity contribution in [2.75, 3.05) is 19.0 Å². The number of aromatic nitrogens is 3. The Morgan fingerprint density at radius 1 is 1.18 bits per heavy atom. The van der Waals surface area contributed by atoms with Crippen LogP contribution in [0.5, 0.6) is 0 Å². The van der Waals surface area contributed by atoms with Crippen molar-refractivity contribution < 1.29 is 0 Å². The molecule has 0 N–H and O–H groups in total. The van der Waals surface area contributed by atoms with Crippen LogP contribution in [0.1, 0.15) is 11.1 Å². The average Bonchev–Trinajstić information content (AvgIpc) is 2.64. The molecule has 90 valence electrons. The van der Waals surface area contributed by atoms with Gasteiger partial charge in [-0.2, -0.15) is 4.98 Å². The zero-order valence-electron chi connectivity index (χ0n) is 11.0. The van der Waals surface area contributed by atoms with Gasteiger partial charge in [-0.15, -0.1) is 5.10 Å². The van der Waals surface area contributed by atoms with Gasteiger partial charge in [-0.3, -0.25) is 0 Å². The predicted molar refractivity (Wildman–Crippen MR) is 70.2 cm³/mol. The molecule has 0 amide bonds. The van der Waals surface area contributed by atoms with Gasteiger partial charge in [0, 0.05) is 26.7 Å². The van der Waals surface area contributed by atoms with Crippen LogP contribution in [-0.2, 0) is 7.05 Å². The van der Waals surface area contributed by atoms with Gasteiger partial charge in [0.1, 0.15) is 0 Å². The third-order valence-electron chi connectivity index (χ3n) is 2.99. The third-order valence-corrected chi connectivity index (χ3v) is 2.99. The van der Waals surface area contributed by atoms with E-state index in [2.05, 4.69) is 36.1 Å². The molecular formula is C13H18N4. The summed E-state index contributed by atoms with van der Waals surface area (Å²) >= 11 is 0. The highest BCUT2D eigenvalue weighted by molar-refractivity contribution is 5.62. The van der Waals surface area contributed by atoms with E-state index in [9.17, 15) is 0 Å². The first-order chi connectivity index (χ1) is 8.00. The van der Waals surface area contributed by atoms with Crippen molar-refractivity contribution >= 4 is 5.95 Å². The monoisotopic (exact) mass is 230 g/mol. The Balaban J connectivity index is 2.54. The van der Waals surface area contributed by atoms with Crippen molar-refractivity contribution in [1.82, 2.24) is 14.8 Å². The summed E-state index contributed by atoms with van der Waals surface area (Å²) in [6.07, 6.45) is 0. The molecule has 0 aliphatic carbocycles. The summed E-state index contributed by atoms with van der Waals surface area (Å²) in [6.45, 7) is 4.21. The van der Waals surface area contributed by atoms with E-state index in [1.54, 1.807) is 4.68 Å². The van der Waals surface area contributed by atoms with Crippen LogP contribution in [0.2, 0.25) is 0 Å². The van der Waals surface area contributed by atoms with Gasteiger partial charge in [-0.05, 0) is 25.0 Å². The Hall–Kier alpha value is -1.84. The molecule has 1 aromatic carbocycles. The number of nitrogens with zero attached hydrogens (tertiary/aromatic N) is 4. The van der Waals surface area contributed by atoms with Crippen molar-refractivity contribution in [3.8, 4) is 11.4 Å². The normalized spacial score (nSPS) is 10.6. The molecule has 0 saturated carbocycles. The van der Waals surface area contributed by atoms with Gasteiger partial charge in [-0.1, -0.05) is 18.2 Å². The second-order valence-electron chi connectivity index (χ2n) is 4.50. The zero-order valence-corrected chi connectivity index (χ0v) is 11.0. The van der Waals surface area contributed by atoms with Crippen LogP contribution in [0.3, 0.4) is 0 Å². The minimum Gasteiger partial charge on any atom is -0.347 e. The highest BCUT2D eigenvalue weighted by Crippen LogP contribution is 2.24. The van der Waals surface area contributed by atoms with E-state index in [0.717, 1.165) is 17.3 Å². The van der Waals surface area contributed by atoms with Gasteiger partial charge in [0.25, 0.3) is 0 Å². The molecule has 0 saturated heterocycles. The summed E-state index contributed by atoms with van der Waals surface area (Å²) in [7, 11) is 5.85. The van der Waals surface area contributed by atoms with Gasteiger partial charge in [0.05, 0.1) is 0 Å². The number of benzene rings is 1. The Morgan fingerprint density at radius 3 is 2.47 bits per heavy atom. The molecule has 17 heavy (non-hydrogen) atoms. The molecule has 1 heterocycles. The van der Waals surface area contributed by atoms with Crippen LogP contribution in [0.4, 0.5) is 5.95 Å². The first-order valence-electron chi connectivity index (χ1n) is 5.65. The Labute approximate surface area is 102 Å². The molecular weight excluding hydrogens is 212 g/mol. The molecule has 0 aliphatic rings. The lowest BCUT2D eigenvalue weighted by molar-refractivity contribution is 0.753. The van der Waals surface area contributed by atoms with Crippen molar-refractivity contribution in [2.45, 2.75) is 13.8 Å². The van der Waals surface area contributed by atoms with Crippen molar-refractivity contribution in [1.29, 1.82) is 0 Å². The Kier molecular flexibility index (Phi) is 2.88. The van der Waals surface area contributed by atoms with Crippen LogP contribution in [0.25, 0.3) is 11.4 Å². The molecule has 1 aromatic heterocycles. The van der Waals surface area contributed by atoms with Gasteiger partial charge >= 0.3 is 0 Å². The standard InChI is InChI=1S/C13H18N4/c1-9-7-6-8-11(10(9)2)12-14-13(16(3)4)17(5)15-12/h6-8H,1-5H3. The van der Waals surface area contributed by atoms with Crippen molar-refractivity contribution in [3.63, 3.8) is 0 Å². The number of aryl methyl sites for hydroxylation is 2. The first-order valence-corrected chi connectivity index (χ1v) is 5.65. The fourth-order valence-corrected chi connectivity index (χ4v) is 1.87. The van der Waals surface area contributed by atoms with Crippen molar-refractivity contribution in [3.05, 3.63) is 29.3 Å². The topological polar surface area (TPSA) is 34.0 Å². The molecule has 0 aliphatic heterocycles. The number of rotatable bonds is 2. The molecule has 0 bridgehead atoms. The summed E-state index contributed by atoms with van der Waals surface area (Å²) < 4.78 is 1.80. The summed E-state index contributed by atoms with van der Waals surface area (Å²) in [4.78, 5) is 6.52. The van der Waals surface area contributed by atoms with Crippen molar-refractivity contribution in [2.24, 2.45) is 7.05 Å². The molecule has 2 rings (SSSR count). The highest BCUT2D eigenvalue weighted by atomic mass is 15.4. The lowest BCUT2D eigenvalue weighted by Crippen LogP contribution is -2.14. The van der Waals surface area contributed by atoms with E-state index in [4.69, 9.17) is 0 Å². The number of hydrogen-bond acceptors (Lipinski definition) is 3. The third kappa shape index (κ3) is 2.02.